The Morgan fingerprint density at radius 1 is 1.06 bits per heavy atom. The first-order chi connectivity index (χ1) is 15.8. The summed E-state index contributed by atoms with van der Waals surface area (Å²) in [5, 5.41) is 12.0. The van der Waals surface area contributed by atoms with Crippen LogP contribution in [0.4, 0.5) is 50.9 Å². The number of nitro groups is 1. The summed E-state index contributed by atoms with van der Waals surface area (Å²) in [6.07, 6.45) is -13.7. The van der Waals surface area contributed by atoms with Crippen molar-refractivity contribution in [2.24, 2.45) is 0 Å². The molecule has 0 saturated carbocycles. The second-order valence-electron chi connectivity index (χ2n) is 6.61. The fourth-order valence-electron chi connectivity index (χ4n) is 2.85. The number of halogens is 11. The Balaban J connectivity index is 2.62. The molecule has 2 aromatic carbocycles. The van der Waals surface area contributed by atoms with Gasteiger partial charge in [-0.05, 0) is 34.1 Å². The van der Waals surface area contributed by atoms with Gasteiger partial charge in [0.1, 0.15) is 0 Å². The number of carbonyl (C=O) groups excluding carboxylic acids is 1. The molecule has 1 N–H and O–H groups in total. The van der Waals surface area contributed by atoms with E-state index >= 15 is 0 Å². The zero-order valence-electron chi connectivity index (χ0n) is 16.6. The summed E-state index contributed by atoms with van der Waals surface area (Å²) >= 11 is 8.25. The van der Waals surface area contributed by atoms with Crippen LogP contribution in [0, 0.1) is 10.1 Å². The predicted molar refractivity (Wildman–Crippen MR) is 107 cm³/mol. The van der Waals surface area contributed by atoms with Gasteiger partial charge in [-0.2, -0.15) is 35.1 Å². The van der Waals surface area contributed by atoms with Crippen LogP contribution in [-0.2, 0) is 5.67 Å². The van der Waals surface area contributed by atoms with Crippen LogP contribution >= 0.6 is 27.5 Å². The van der Waals surface area contributed by atoms with Gasteiger partial charge in [0.25, 0.3) is 5.91 Å². The Labute approximate surface area is 202 Å². The third-order valence-corrected chi connectivity index (χ3v) is 5.42. The maximum atomic E-state index is 14.7. The van der Waals surface area contributed by atoms with Crippen molar-refractivity contribution in [2.75, 3.05) is 12.4 Å². The Hall–Kier alpha value is -2.75. The van der Waals surface area contributed by atoms with Crippen molar-refractivity contribution in [2.45, 2.75) is 23.9 Å². The molecule has 2 aromatic rings. The van der Waals surface area contributed by atoms with Crippen LogP contribution in [0.5, 0.6) is 5.75 Å². The van der Waals surface area contributed by atoms with Crippen molar-refractivity contribution in [1.29, 1.82) is 0 Å². The number of para-hydroxylation sites is 1. The summed E-state index contributed by atoms with van der Waals surface area (Å²) in [6.45, 7) is 0. The Morgan fingerprint density at radius 2 is 1.63 bits per heavy atom. The Morgan fingerprint density at radius 3 is 2.06 bits per heavy atom. The van der Waals surface area contributed by atoms with E-state index in [1.165, 1.54) is 0 Å². The molecule has 0 aromatic heterocycles. The van der Waals surface area contributed by atoms with Gasteiger partial charge in [-0.3, -0.25) is 14.9 Å². The number of methoxy groups -OCH3 is 1. The van der Waals surface area contributed by atoms with E-state index in [-0.39, 0.29) is 12.1 Å². The van der Waals surface area contributed by atoms with E-state index in [4.69, 9.17) is 16.3 Å². The molecule has 0 radical (unpaired) electrons. The first kappa shape index (κ1) is 28.5. The number of amides is 1. The van der Waals surface area contributed by atoms with Crippen LogP contribution in [0.15, 0.2) is 34.8 Å². The maximum absolute atomic E-state index is 14.7. The molecular weight excluding hydrogens is 595 g/mol. The van der Waals surface area contributed by atoms with Gasteiger partial charge in [0.15, 0.2) is 0 Å². The molecule has 2 rings (SSSR count). The van der Waals surface area contributed by atoms with Crippen molar-refractivity contribution >= 4 is 44.8 Å². The molecule has 1 atom stereocenters. The van der Waals surface area contributed by atoms with Crippen molar-refractivity contribution in [3.8, 4) is 5.75 Å². The van der Waals surface area contributed by atoms with Gasteiger partial charge in [0.05, 0.1) is 28.3 Å². The van der Waals surface area contributed by atoms with Gasteiger partial charge in [0, 0.05) is 16.1 Å². The second kappa shape index (κ2) is 9.37. The standard InChI is InChI=1S/C18H9BrClF9N2O4/c1-35-13-8(3-2-4-11(13)31(33)34)14(32)30-12-9(19)5-7(6-10(12)20)15(21,17(24,25)26)16(22,23)18(27,28)29/h2-6H,1H3,(H,30,32). The normalized spacial score (nSPS) is 14.3. The first-order valence-electron chi connectivity index (χ1n) is 8.63. The van der Waals surface area contributed by atoms with Crippen LogP contribution in [0.25, 0.3) is 0 Å². The number of ether oxygens (including phenoxy) is 1. The van der Waals surface area contributed by atoms with Crippen LogP contribution in [-0.4, -0.2) is 36.2 Å². The molecule has 192 valence electrons. The third kappa shape index (κ3) is 4.85. The molecule has 1 unspecified atom stereocenters. The van der Waals surface area contributed by atoms with E-state index in [1.807, 2.05) is 5.32 Å². The van der Waals surface area contributed by atoms with E-state index in [9.17, 15) is 54.4 Å². The van der Waals surface area contributed by atoms with E-state index in [1.54, 1.807) is 0 Å². The van der Waals surface area contributed by atoms with E-state index in [0.717, 1.165) is 25.3 Å². The highest BCUT2D eigenvalue weighted by Crippen LogP contribution is 2.59. The van der Waals surface area contributed by atoms with E-state index < -0.39 is 72.5 Å². The lowest BCUT2D eigenvalue weighted by atomic mass is 9.87. The van der Waals surface area contributed by atoms with Gasteiger partial charge in [-0.15, -0.1) is 0 Å². The van der Waals surface area contributed by atoms with Crippen LogP contribution in [0.2, 0.25) is 5.02 Å². The van der Waals surface area contributed by atoms with Gasteiger partial charge < -0.3 is 10.1 Å². The Bertz CT molecular complexity index is 1150. The predicted octanol–water partition coefficient (Wildman–Crippen LogP) is 7.20. The van der Waals surface area contributed by atoms with Crippen molar-refractivity contribution in [3.05, 3.63) is 61.1 Å². The monoisotopic (exact) mass is 602 g/mol. The van der Waals surface area contributed by atoms with Crippen molar-refractivity contribution in [3.63, 3.8) is 0 Å². The summed E-state index contributed by atoms with van der Waals surface area (Å²) in [5.74, 6) is -8.67. The van der Waals surface area contributed by atoms with Gasteiger partial charge in [-0.25, -0.2) is 4.39 Å². The molecule has 0 heterocycles. The smallest absolute Gasteiger partial charge is 0.457 e. The molecule has 0 aliphatic rings. The molecule has 0 spiro atoms. The summed E-state index contributed by atoms with van der Waals surface area (Å²) < 4.78 is 124. The molecule has 1 amide bonds. The second-order valence-corrected chi connectivity index (χ2v) is 7.87. The molecule has 0 fully saturated rings. The molecule has 6 nitrogen and oxygen atoms in total. The summed E-state index contributed by atoms with van der Waals surface area (Å²) in [4.78, 5) is 22.8. The zero-order chi connectivity index (χ0) is 27.1. The first-order valence-corrected chi connectivity index (χ1v) is 9.80. The average Bonchev–Trinajstić information content (AvgIpc) is 2.72. The number of carbonyl (C=O) groups is 1. The van der Waals surface area contributed by atoms with Crippen molar-refractivity contribution in [1.82, 2.24) is 0 Å². The minimum Gasteiger partial charge on any atom is -0.490 e. The number of nitrogens with one attached hydrogen (secondary N) is 1. The lowest BCUT2D eigenvalue weighted by Crippen LogP contribution is -2.59. The number of anilines is 1. The molecule has 0 bridgehead atoms. The van der Waals surface area contributed by atoms with Crippen LogP contribution in [0.3, 0.4) is 0 Å². The fraction of sp³-hybridized carbons (Fsp3) is 0.278. The van der Waals surface area contributed by atoms with Gasteiger partial charge >= 0.3 is 29.6 Å². The number of hydrogen-bond donors (Lipinski definition) is 1. The van der Waals surface area contributed by atoms with Crippen LogP contribution < -0.4 is 10.1 Å². The number of nitro benzene ring substituents is 1. The summed E-state index contributed by atoms with van der Waals surface area (Å²) in [7, 11) is 0.982. The third-order valence-electron chi connectivity index (χ3n) is 4.50. The van der Waals surface area contributed by atoms with Crippen LogP contribution in [0.1, 0.15) is 15.9 Å². The zero-order valence-corrected chi connectivity index (χ0v) is 19.0. The lowest BCUT2D eigenvalue weighted by Gasteiger charge is -2.36. The molecule has 17 heteroatoms. The largest absolute Gasteiger partial charge is 0.490 e. The molecule has 35 heavy (non-hydrogen) atoms. The number of alkyl halides is 9. The SMILES string of the molecule is COc1c(C(=O)Nc2c(Cl)cc(C(F)(C(F)(F)F)C(F)(F)C(F)(F)F)cc2Br)cccc1[N+](=O)[O-]. The van der Waals surface area contributed by atoms with Gasteiger partial charge in [-0.1, -0.05) is 17.7 Å². The number of benzene rings is 2. The highest BCUT2D eigenvalue weighted by atomic mass is 79.9. The van der Waals surface area contributed by atoms with E-state index in [0.29, 0.717) is 0 Å². The number of rotatable bonds is 6. The van der Waals surface area contributed by atoms with E-state index in [2.05, 4.69) is 15.9 Å². The topological polar surface area (TPSA) is 81.5 Å². The number of hydrogen-bond acceptors (Lipinski definition) is 4. The minimum absolute atomic E-state index is 0.0701. The number of nitrogens with zero attached hydrogens (tertiary/aromatic N) is 1. The summed E-state index contributed by atoms with van der Waals surface area (Å²) in [5.41, 5.74) is -10.3. The highest BCUT2D eigenvalue weighted by Gasteiger charge is 2.81. The molecule has 0 aliphatic heterocycles. The summed E-state index contributed by atoms with van der Waals surface area (Å²) in [6, 6.07) is 2.86. The molecule has 0 saturated heterocycles. The van der Waals surface area contributed by atoms with Gasteiger partial charge in [0.2, 0.25) is 5.75 Å². The molecule has 0 aliphatic carbocycles. The molecular formula is C18H9BrClF9N2O4. The highest BCUT2D eigenvalue weighted by molar-refractivity contribution is 9.10. The lowest BCUT2D eigenvalue weighted by molar-refractivity contribution is -0.389. The quantitative estimate of drug-likeness (QED) is 0.215. The van der Waals surface area contributed by atoms with Crippen molar-refractivity contribution < 1.29 is 54.0 Å². The Kier molecular flexibility index (Phi) is 7.62. The maximum Gasteiger partial charge on any atom is 0.457 e. The minimum atomic E-state index is -6.94. The fourth-order valence-corrected chi connectivity index (χ4v) is 3.79. The average molecular weight is 604 g/mol.